The monoisotopic (exact) mass is 224 g/mol. The van der Waals surface area contributed by atoms with E-state index in [1.807, 2.05) is 6.07 Å². The molecule has 0 fully saturated rings. The van der Waals surface area contributed by atoms with Gasteiger partial charge in [0.2, 0.25) is 0 Å². The third-order valence-electron chi connectivity index (χ3n) is 3.64. The topological polar surface area (TPSA) is 38.0 Å². The third-order valence-corrected chi connectivity index (χ3v) is 3.64. The molecule has 1 aliphatic carbocycles. The van der Waals surface area contributed by atoms with Crippen molar-refractivity contribution in [2.24, 2.45) is 5.84 Å². The first-order valence-electron chi connectivity index (χ1n) is 5.99. The molecule has 0 heterocycles. The summed E-state index contributed by atoms with van der Waals surface area (Å²) in [5.41, 5.74) is 7.10. The molecule has 1 aliphatic rings. The Hall–Kier alpha value is -1.64. The summed E-state index contributed by atoms with van der Waals surface area (Å²) < 4.78 is 0. The second-order valence-electron chi connectivity index (χ2n) is 4.56. The molecule has 2 heteroatoms. The van der Waals surface area contributed by atoms with Gasteiger partial charge in [-0.05, 0) is 23.1 Å². The molecular weight excluding hydrogens is 208 g/mol. The SMILES string of the molecule is NNC(c1ccccc1)C1Cc2ccccc21. The van der Waals surface area contributed by atoms with Gasteiger partial charge in [0, 0.05) is 5.92 Å². The summed E-state index contributed by atoms with van der Waals surface area (Å²) >= 11 is 0. The Bertz CT molecular complexity index is 507. The van der Waals surface area contributed by atoms with Crippen LogP contribution in [0.1, 0.15) is 28.7 Å². The van der Waals surface area contributed by atoms with Crippen LogP contribution in [0.15, 0.2) is 54.6 Å². The molecule has 2 atom stereocenters. The molecule has 3 N–H and O–H groups in total. The van der Waals surface area contributed by atoms with E-state index in [0.29, 0.717) is 5.92 Å². The molecule has 0 saturated heterocycles. The number of fused-ring (bicyclic) bond motifs is 1. The van der Waals surface area contributed by atoms with Crippen molar-refractivity contribution in [2.45, 2.75) is 18.4 Å². The number of hydrogen-bond donors (Lipinski definition) is 2. The van der Waals surface area contributed by atoms with E-state index >= 15 is 0 Å². The van der Waals surface area contributed by atoms with Crippen LogP contribution in [0.5, 0.6) is 0 Å². The van der Waals surface area contributed by atoms with Crippen LogP contribution in [0.25, 0.3) is 0 Å². The van der Waals surface area contributed by atoms with Gasteiger partial charge in [-0.3, -0.25) is 11.3 Å². The summed E-state index contributed by atoms with van der Waals surface area (Å²) in [4.78, 5) is 0. The van der Waals surface area contributed by atoms with Crippen LogP contribution in [0.4, 0.5) is 0 Å². The number of rotatable bonds is 3. The number of hydrogen-bond acceptors (Lipinski definition) is 2. The lowest BCUT2D eigenvalue weighted by Gasteiger charge is -2.36. The predicted octanol–water partition coefficient (Wildman–Crippen LogP) is 2.53. The number of nitrogens with one attached hydrogen (secondary N) is 1. The van der Waals surface area contributed by atoms with Crippen LogP contribution in [0, 0.1) is 0 Å². The Balaban J connectivity index is 1.90. The van der Waals surface area contributed by atoms with Crippen molar-refractivity contribution in [1.82, 2.24) is 5.43 Å². The number of nitrogens with two attached hydrogens (primary N) is 1. The van der Waals surface area contributed by atoms with Gasteiger partial charge in [0.25, 0.3) is 0 Å². The van der Waals surface area contributed by atoms with E-state index in [1.165, 1.54) is 16.7 Å². The highest BCUT2D eigenvalue weighted by Gasteiger charge is 2.32. The molecule has 0 radical (unpaired) electrons. The molecule has 0 spiro atoms. The first kappa shape index (κ1) is 10.5. The van der Waals surface area contributed by atoms with Crippen molar-refractivity contribution in [3.05, 3.63) is 71.3 Å². The Morgan fingerprint density at radius 2 is 1.71 bits per heavy atom. The molecule has 86 valence electrons. The maximum atomic E-state index is 5.72. The zero-order valence-corrected chi connectivity index (χ0v) is 9.64. The molecule has 2 unspecified atom stereocenters. The minimum absolute atomic E-state index is 0.214. The predicted molar refractivity (Wildman–Crippen MR) is 69.4 cm³/mol. The van der Waals surface area contributed by atoms with Gasteiger partial charge >= 0.3 is 0 Å². The molecule has 0 amide bonds. The zero-order valence-electron chi connectivity index (χ0n) is 9.64. The van der Waals surface area contributed by atoms with E-state index in [0.717, 1.165) is 6.42 Å². The van der Waals surface area contributed by atoms with Gasteiger partial charge in [-0.25, -0.2) is 0 Å². The Labute approximate surface area is 101 Å². The molecule has 2 aromatic rings. The minimum atomic E-state index is 0.214. The average molecular weight is 224 g/mol. The molecule has 2 aromatic carbocycles. The number of hydrazine groups is 1. The molecule has 0 saturated carbocycles. The fourth-order valence-corrected chi connectivity index (χ4v) is 2.70. The van der Waals surface area contributed by atoms with Gasteiger partial charge in [0.1, 0.15) is 0 Å². The van der Waals surface area contributed by atoms with Crippen LogP contribution in [0.2, 0.25) is 0 Å². The van der Waals surface area contributed by atoms with E-state index in [1.54, 1.807) is 0 Å². The third kappa shape index (κ3) is 1.75. The van der Waals surface area contributed by atoms with Crippen LogP contribution >= 0.6 is 0 Å². The van der Waals surface area contributed by atoms with E-state index in [4.69, 9.17) is 5.84 Å². The first-order valence-corrected chi connectivity index (χ1v) is 5.99. The standard InChI is InChI=1S/C15H16N2/c16-17-15(11-6-2-1-3-7-11)14-10-12-8-4-5-9-13(12)14/h1-9,14-15,17H,10,16H2. The molecule has 0 aromatic heterocycles. The molecule has 17 heavy (non-hydrogen) atoms. The van der Waals surface area contributed by atoms with Gasteiger partial charge in [0.15, 0.2) is 0 Å². The van der Waals surface area contributed by atoms with Gasteiger partial charge in [-0.15, -0.1) is 0 Å². The Morgan fingerprint density at radius 3 is 2.41 bits per heavy atom. The van der Waals surface area contributed by atoms with Crippen molar-refractivity contribution in [1.29, 1.82) is 0 Å². The maximum Gasteiger partial charge on any atom is 0.0531 e. The second-order valence-corrected chi connectivity index (χ2v) is 4.56. The lowest BCUT2D eigenvalue weighted by Crippen LogP contribution is -2.37. The summed E-state index contributed by atoms with van der Waals surface area (Å²) in [6.45, 7) is 0. The summed E-state index contributed by atoms with van der Waals surface area (Å²) in [6.07, 6.45) is 1.11. The summed E-state index contributed by atoms with van der Waals surface area (Å²) in [5.74, 6) is 6.22. The van der Waals surface area contributed by atoms with Gasteiger partial charge < -0.3 is 0 Å². The lowest BCUT2D eigenvalue weighted by atomic mass is 9.72. The first-order chi connectivity index (χ1) is 8.40. The van der Waals surface area contributed by atoms with E-state index < -0.39 is 0 Å². The van der Waals surface area contributed by atoms with E-state index in [9.17, 15) is 0 Å². The molecule has 0 aliphatic heterocycles. The summed E-state index contributed by atoms with van der Waals surface area (Å²) in [6, 6.07) is 19.2. The van der Waals surface area contributed by atoms with E-state index in [2.05, 4.69) is 54.0 Å². The summed E-state index contributed by atoms with van der Waals surface area (Å²) in [5, 5.41) is 0. The highest BCUT2D eigenvalue weighted by atomic mass is 15.2. The summed E-state index contributed by atoms with van der Waals surface area (Å²) in [7, 11) is 0. The zero-order chi connectivity index (χ0) is 11.7. The van der Waals surface area contributed by atoms with E-state index in [-0.39, 0.29) is 6.04 Å². The van der Waals surface area contributed by atoms with Crippen LogP contribution in [-0.4, -0.2) is 0 Å². The van der Waals surface area contributed by atoms with Crippen molar-refractivity contribution in [2.75, 3.05) is 0 Å². The smallest absolute Gasteiger partial charge is 0.0531 e. The fourth-order valence-electron chi connectivity index (χ4n) is 2.70. The quantitative estimate of drug-likeness (QED) is 0.621. The van der Waals surface area contributed by atoms with Crippen molar-refractivity contribution < 1.29 is 0 Å². The normalized spacial score (nSPS) is 19.2. The number of benzene rings is 2. The Kier molecular flexibility index (Phi) is 2.67. The van der Waals surface area contributed by atoms with Crippen molar-refractivity contribution >= 4 is 0 Å². The molecule has 2 nitrogen and oxygen atoms in total. The molecular formula is C15H16N2. The largest absolute Gasteiger partial charge is 0.271 e. The lowest BCUT2D eigenvalue weighted by molar-refractivity contribution is 0.419. The van der Waals surface area contributed by atoms with Crippen LogP contribution < -0.4 is 11.3 Å². The van der Waals surface area contributed by atoms with Gasteiger partial charge in [-0.2, -0.15) is 0 Å². The fraction of sp³-hybridized carbons (Fsp3) is 0.200. The van der Waals surface area contributed by atoms with Crippen LogP contribution in [-0.2, 0) is 6.42 Å². The molecule has 0 bridgehead atoms. The van der Waals surface area contributed by atoms with Gasteiger partial charge in [-0.1, -0.05) is 54.6 Å². The highest BCUT2D eigenvalue weighted by Crippen LogP contribution is 2.42. The maximum absolute atomic E-state index is 5.72. The second kappa shape index (κ2) is 4.32. The Morgan fingerprint density at radius 1 is 1.00 bits per heavy atom. The highest BCUT2D eigenvalue weighted by molar-refractivity contribution is 5.43. The molecule has 3 rings (SSSR count). The minimum Gasteiger partial charge on any atom is -0.271 e. The average Bonchev–Trinajstić information content (AvgIpc) is 2.37. The van der Waals surface area contributed by atoms with Gasteiger partial charge in [0.05, 0.1) is 6.04 Å². The van der Waals surface area contributed by atoms with Crippen molar-refractivity contribution in [3.8, 4) is 0 Å². The van der Waals surface area contributed by atoms with Crippen molar-refractivity contribution in [3.63, 3.8) is 0 Å². The van der Waals surface area contributed by atoms with Crippen LogP contribution in [0.3, 0.4) is 0 Å².